The van der Waals surface area contributed by atoms with Gasteiger partial charge in [0.25, 0.3) is 5.56 Å². The summed E-state index contributed by atoms with van der Waals surface area (Å²) < 4.78 is 7.69. The van der Waals surface area contributed by atoms with Crippen LogP contribution in [0.4, 0.5) is 5.82 Å². The molecule has 0 N–H and O–H groups in total. The Bertz CT molecular complexity index is 553. The summed E-state index contributed by atoms with van der Waals surface area (Å²) in [5.74, 6) is 1.31. The average Bonchev–Trinajstić information content (AvgIpc) is 3.21. The van der Waals surface area contributed by atoms with Gasteiger partial charge < -0.3 is 14.2 Å². The lowest BCUT2D eigenvalue weighted by molar-refractivity contribution is 0.0531. The highest BCUT2D eigenvalue weighted by Crippen LogP contribution is 2.34. The first kappa shape index (κ1) is 13.3. The van der Waals surface area contributed by atoms with Crippen LogP contribution in [-0.4, -0.2) is 35.4 Å². The molecule has 0 amide bonds. The van der Waals surface area contributed by atoms with Crippen molar-refractivity contribution in [3.05, 3.63) is 22.7 Å². The molecule has 0 spiro atoms. The number of hydrogen-bond donors (Lipinski definition) is 0. The maximum absolute atomic E-state index is 12.5. The molecule has 0 radical (unpaired) electrons. The van der Waals surface area contributed by atoms with Crippen LogP contribution in [0.15, 0.2) is 17.2 Å². The van der Waals surface area contributed by atoms with Crippen molar-refractivity contribution in [2.45, 2.75) is 50.7 Å². The SMILES string of the molecule is O=c1c(N2CCC(C3CCCO3)CC2)nccn1C1CC1. The summed E-state index contributed by atoms with van der Waals surface area (Å²) in [5, 5.41) is 0. The molecule has 1 saturated carbocycles. The predicted octanol–water partition coefficient (Wildman–Crippen LogP) is 1.97. The van der Waals surface area contributed by atoms with Gasteiger partial charge in [0.1, 0.15) is 0 Å². The molecular formula is C16H23N3O2. The maximum atomic E-state index is 12.5. The number of anilines is 1. The Balaban J connectivity index is 1.46. The molecule has 0 aromatic carbocycles. The van der Waals surface area contributed by atoms with E-state index in [-0.39, 0.29) is 5.56 Å². The van der Waals surface area contributed by atoms with Gasteiger partial charge in [0.05, 0.1) is 6.10 Å². The van der Waals surface area contributed by atoms with Crippen LogP contribution in [0.5, 0.6) is 0 Å². The minimum atomic E-state index is 0.0931. The van der Waals surface area contributed by atoms with Crippen LogP contribution in [-0.2, 0) is 4.74 Å². The molecule has 2 aliphatic heterocycles. The van der Waals surface area contributed by atoms with Gasteiger partial charge in [0.15, 0.2) is 5.82 Å². The van der Waals surface area contributed by atoms with Gasteiger partial charge in [-0.25, -0.2) is 4.98 Å². The fraction of sp³-hybridized carbons (Fsp3) is 0.750. The minimum Gasteiger partial charge on any atom is -0.378 e. The van der Waals surface area contributed by atoms with Crippen molar-refractivity contribution in [2.24, 2.45) is 5.92 Å². The molecule has 1 aliphatic carbocycles. The molecule has 3 fully saturated rings. The quantitative estimate of drug-likeness (QED) is 0.853. The van der Waals surface area contributed by atoms with Crippen LogP contribution in [0.3, 0.4) is 0 Å². The third-order valence-electron chi connectivity index (χ3n) is 5.12. The summed E-state index contributed by atoms with van der Waals surface area (Å²) in [7, 11) is 0. The fourth-order valence-electron chi connectivity index (χ4n) is 3.73. The van der Waals surface area contributed by atoms with E-state index in [1.165, 1.54) is 12.8 Å². The molecular weight excluding hydrogens is 266 g/mol. The van der Waals surface area contributed by atoms with Crippen molar-refractivity contribution in [3.8, 4) is 0 Å². The Morgan fingerprint density at radius 3 is 2.62 bits per heavy atom. The molecule has 114 valence electrons. The fourth-order valence-corrected chi connectivity index (χ4v) is 3.73. The first-order valence-corrected chi connectivity index (χ1v) is 8.26. The number of ether oxygens (including phenoxy) is 1. The van der Waals surface area contributed by atoms with E-state index in [4.69, 9.17) is 4.74 Å². The first-order valence-electron chi connectivity index (χ1n) is 8.26. The number of hydrogen-bond acceptors (Lipinski definition) is 4. The number of aromatic nitrogens is 2. The largest absolute Gasteiger partial charge is 0.378 e. The first-order chi connectivity index (χ1) is 10.3. The Kier molecular flexibility index (Phi) is 3.45. The standard InChI is InChI=1S/C16H23N3O2/c20-16-15(17-7-10-19(16)13-3-4-13)18-8-5-12(6-9-18)14-2-1-11-21-14/h7,10,12-14H,1-6,8-9,11H2. The van der Waals surface area contributed by atoms with E-state index >= 15 is 0 Å². The van der Waals surface area contributed by atoms with Crippen LogP contribution in [0.2, 0.25) is 0 Å². The molecule has 4 rings (SSSR count). The highest BCUT2D eigenvalue weighted by atomic mass is 16.5. The van der Waals surface area contributed by atoms with Crippen molar-refractivity contribution in [1.82, 2.24) is 9.55 Å². The highest BCUT2D eigenvalue weighted by molar-refractivity contribution is 5.36. The summed E-state index contributed by atoms with van der Waals surface area (Å²) in [6, 6.07) is 0.420. The van der Waals surface area contributed by atoms with E-state index in [9.17, 15) is 4.79 Å². The lowest BCUT2D eigenvalue weighted by Crippen LogP contribution is -2.41. The molecule has 5 nitrogen and oxygen atoms in total. The van der Waals surface area contributed by atoms with Gasteiger partial charge in [-0.1, -0.05) is 0 Å². The predicted molar refractivity (Wildman–Crippen MR) is 80.7 cm³/mol. The summed E-state index contributed by atoms with van der Waals surface area (Å²) in [4.78, 5) is 19.1. The van der Waals surface area contributed by atoms with E-state index in [1.54, 1.807) is 6.20 Å². The maximum Gasteiger partial charge on any atom is 0.293 e. The molecule has 21 heavy (non-hydrogen) atoms. The zero-order valence-corrected chi connectivity index (χ0v) is 12.4. The van der Waals surface area contributed by atoms with Gasteiger partial charge in [0, 0.05) is 38.1 Å². The third-order valence-corrected chi connectivity index (χ3v) is 5.12. The van der Waals surface area contributed by atoms with Crippen LogP contribution >= 0.6 is 0 Å². The van der Waals surface area contributed by atoms with Crippen LogP contribution < -0.4 is 10.5 Å². The van der Waals surface area contributed by atoms with Gasteiger partial charge in [-0.15, -0.1) is 0 Å². The second-order valence-corrected chi connectivity index (χ2v) is 6.57. The van der Waals surface area contributed by atoms with Crippen molar-refractivity contribution < 1.29 is 4.74 Å². The molecule has 2 saturated heterocycles. The smallest absolute Gasteiger partial charge is 0.293 e. The van der Waals surface area contributed by atoms with E-state index in [2.05, 4.69) is 9.88 Å². The van der Waals surface area contributed by atoms with Crippen molar-refractivity contribution in [2.75, 3.05) is 24.6 Å². The lowest BCUT2D eigenvalue weighted by Gasteiger charge is -2.34. The van der Waals surface area contributed by atoms with Crippen molar-refractivity contribution in [3.63, 3.8) is 0 Å². The molecule has 1 unspecified atom stereocenters. The second kappa shape index (κ2) is 5.44. The summed E-state index contributed by atoms with van der Waals surface area (Å²) in [5.41, 5.74) is 0.0931. The molecule has 0 bridgehead atoms. The molecule has 1 aromatic rings. The Hall–Kier alpha value is -1.36. The van der Waals surface area contributed by atoms with Gasteiger partial charge in [-0.3, -0.25) is 4.79 Å². The minimum absolute atomic E-state index is 0.0931. The number of nitrogens with zero attached hydrogens (tertiary/aromatic N) is 3. The third kappa shape index (κ3) is 2.59. The summed E-state index contributed by atoms with van der Waals surface area (Å²) >= 11 is 0. The molecule has 3 aliphatic rings. The zero-order chi connectivity index (χ0) is 14.2. The number of rotatable bonds is 3. The normalized spacial score (nSPS) is 27.2. The van der Waals surface area contributed by atoms with Gasteiger partial charge in [-0.2, -0.15) is 0 Å². The average molecular weight is 289 g/mol. The van der Waals surface area contributed by atoms with E-state index < -0.39 is 0 Å². The Labute approximate surface area is 124 Å². The molecule has 1 aromatic heterocycles. The Morgan fingerprint density at radius 1 is 1.14 bits per heavy atom. The van der Waals surface area contributed by atoms with Gasteiger partial charge in [-0.05, 0) is 44.4 Å². The lowest BCUT2D eigenvalue weighted by atomic mass is 9.90. The van der Waals surface area contributed by atoms with E-state index in [1.807, 2.05) is 10.8 Å². The Morgan fingerprint density at radius 2 is 1.95 bits per heavy atom. The summed E-state index contributed by atoms with van der Waals surface area (Å²) in [6.45, 7) is 2.79. The zero-order valence-electron chi connectivity index (χ0n) is 12.4. The van der Waals surface area contributed by atoms with Crippen LogP contribution in [0.1, 0.15) is 44.6 Å². The highest BCUT2D eigenvalue weighted by Gasteiger charge is 2.31. The number of piperidine rings is 1. The molecule has 3 heterocycles. The van der Waals surface area contributed by atoms with Crippen LogP contribution in [0, 0.1) is 5.92 Å². The second-order valence-electron chi connectivity index (χ2n) is 6.57. The van der Waals surface area contributed by atoms with Crippen molar-refractivity contribution in [1.29, 1.82) is 0 Å². The van der Waals surface area contributed by atoms with Gasteiger partial charge >= 0.3 is 0 Å². The van der Waals surface area contributed by atoms with E-state index in [0.29, 0.717) is 23.9 Å². The molecule has 5 heteroatoms. The van der Waals surface area contributed by atoms with Gasteiger partial charge in [0.2, 0.25) is 0 Å². The van der Waals surface area contributed by atoms with Crippen molar-refractivity contribution >= 4 is 5.82 Å². The monoisotopic (exact) mass is 289 g/mol. The van der Waals surface area contributed by atoms with Crippen LogP contribution in [0.25, 0.3) is 0 Å². The summed E-state index contributed by atoms with van der Waals surface area (Å²) in [6.07, 6.45) is 11.0. The topological polar surface area (TPSA) is 47.4 Å². The molecule has 1 atom stereocenters. The van der Waals surface area contributed by atoms with E-state index in [0.717, 1.165) is 45.4 Å².